The standard InChI is InChI=1S/C34H39ClFN5O3/c1-2-32(42)38-22-31(27-9-5-6-10-28(27)36)40-15-17-41(18-16-40)34(44)30(19-23-11-13-26(35)14-12-23)39-33(43)29-20-24-7-3-4-8-25(24)21-37-29/h3-14,29-31,37H,2,15-22H2,1H3,(H,38,42)(H,39,43)/t29-,30-,31?/m1/s1. The van der Waals surface area contributed by atoms with Gasteiger partial charge in [0.1, 0.15) is 11.9 Å². The number of halogens is 2. The first-order chi connectivity index (χ1) is 21.3. The van der Waals surface area contributed by atoms with Crippen LogP contribution in [-0.4, -0.2) is 72.3 Å². The third-order valence-electron chi connectivity index (χ3n) is 8.51. The van der Waals surface area contributed by atoms with E-state index < -0.39 is 12.1 Å². The molecule has 1 fully saturated rings. The lowest BCUT2D eigenvalue weighted by atomic mass is 9.95. The van der Waals surface area contributed by atoms with Crippen molar-refractivity contribution in [1.29, 1.82) is 0 Å². The minimum Gasteiger partial charge on any atom is -0.354 e. The highest BCUT2D eigenvalue weighted by Crippen LogP contribution is 2.25. The molecule has 3 aromatic rings. The van der Waals surface area contributed by atoms with Gasteiger partial charge in [-0.15, -0.1) is 0 Å². The van der Waals surface area contributed by atoms with Crippen LogP contribution in [0.1, 0.15) is 41.6 Å². The highest BCUT2D eigenvalue weighted by Gasteiger charge is 2.34. The van der Waals surface area contributed by atoms with E-state index in [1.807, 2.05) is 30.3 Å². The molecular formula is C34H39ClFN5O3. The van der Waals surface area contributed by atoms with Gasteiger partial charge in [-0.2, -0.15) is 0 Å². The topological polar surface area (TPSA) is 93.8 Å². The smallest absolute Gasteiger partial charge is 0.245 e. The first-order valence-corrected chi connectivity index (χ1v) is 15.6. The highest BCUT2D eigenvalue weighted by atomic mass is 35.5. The molecule has 1 unspecified atom stereocenters. The zero-order valence-electron chi connectivity index (χ0n) is 24.9. The van der Waals surface area contributed by atoms with Crippen molar-refractivity contribution in [2.75, 3.05) is 32.7 Å². The number of piperazine rings is 1. The summed E-state index contributed by atoms with van der Waals surface area (Å²) in [6.07, 6.45) is 1.22. The molecule has 0 saturated carbocycles. The molecule has 0 aliphatic carbocycles. The first-order valence-electron chi connectivity index (χ1n) is 15.2. The van der Waals surface area contributed by atoms with E-state index in [2.05, 4.69) is 26.9 Å². The lowest BCUT2D eigenvalue weighted by Crippen LogP contribution is -2.58. The molecule has 232 valence electrons. The van der Waals surface area contributed by atoms with Crippen molar-refractivity contribution in [1.82, 2.24) is 25.8 Å². The van der Waals surface area contributed by atoms with Gasteiger partial charge in [-0.05, 0) is 41.3 Å². The summed E-state index contributed by atoms with van der Waals surface area (Å²) in [7, 11) is 0. The van der Waals surface area contributed by atoms with Crippen molar-refractivity contribution in [3.05, 3.63) is 106 Å². The molecule has 0 spiro atoms. The van der Waals surface area contributed by atoms with Gasteiger partial charge < -0.3 is 20.9 Å². The number of benzene rings is 3. The van der Waals surface area contributed by atoms with Gasteiger partial charge in [-0.25, -0.2) is 4.39 Å². The van der Waals surface area contributed by atoms with Crippen LogP contribution in [-0.2, 0) is 33.8 Å². The zero-order valence-corrected chi connectivity index (χ0v) is 25.7. The van der Waals surface area contributed by atoms with E-state index in [9.17, 15) is 18.8 Å². The lowest BCUT2D eigenvalue weighted by Gasteiger charge is -2.40. The van der Waals surface area contributed by atoms with Crippen LogP contribution < -0.4 is 16.0 Å². The fourth-order valence-electron chi connectivity index (χ4n) is 5.96. The molecule has 0 bridgehead atoms. The van der Waals surface area contributed by atoms with E-state index >= 15 is 0 Å². The minimum atomic E-state index is -0.764. The monoisotopic (exact) mass is 619 g/mol. The zero-order chi connectivity index (χ0) is 31.1. The fraction of sp³-hybridized carbons (Fsp3) is 0.382. The maximum absolute atomic E-state index is 14.8. The molecule has 10 heteroatoms. The number of carbonyl (C=O) groups is 3. The van der Waals surface area contributed by atoms with Crippen molar-refractivity contribution < 1.29 is 18.8 Å². The van der Waals surface area contributed by atoms with Crippen LogP contribution in [0, 0.1) is 5.82 Å². The Morgan fingerprint density at radius 3 is 2.34 bits per heavy atom. The van der Waals surface area contributed by atoms with Gasteiger partial charge in [-0.1, -0.05) is 73.1 Å². The van der Waals surface area contributed by atoms with Crippen molar-refractivity contribution in [2.24, 2.45) is 0 Å². The van der Waals surface area contributed by atoms with Gasteiger partial charge in [0.25, 0.3) is 0 Å². The first kappa shape index (κ1) is 31.6. The summed E-state index contributed by atoms with van der Waals surface area (Å²) >= 11 is 6.10. The number of rotatable bonds is 10. The second kappa shape index (κ2) is 14.8. The Labute approximate surface area is 262 Å². The predicted octanol–water partition coefficient (Wildman–Crippen LogP) is 3.63. The van der Waals surface area contributed by atoms with E-state index in [0.717, 1.165) is 11.1 Å². The molecule has 3 amide bonds. The molecule has 2 heterocycles. The quantitative estimate of drug-likeness (QED) is 0.322. The van der Waals surface area contributed by atoms with Gasteiger partial charge >= 0.3 is 0 Å². The van der Waals surface area contributed by atoms with Gasteiger partial charge in [0.05, 0.1) is 12.1 Å². The van der Waals surface area contributed by atoms with E-state index in [1.165, 1.54) is 11.6 Å². The van der Waals surface area contributed by atoms with Crippen LogP contribution in [0.2, 0.25) is 5.02 Å². The summed E-state index contributed by atoms with van der Waals surface area (Å²) in [5.41, 5.74) is 3.70. The number of hydrogen-bond donors (Lipinski definition) is 3. The van der Waals surface area contributed by atoms with Crippen molar-refractivity contribution in [3.8, 4) is 0 Å². The van der Waals surface area contributed by atoms with Crippen molar-refractivity contribution in [3.63, 3.8) is 0 Å². The Morgan fingerprint density at radius 2 is 1.64 bits per heavy atom. The highest BCUT2D eigenvalue weighted by molar-refractivity contribution is 6.30. The average Bonchev–Trinajstić information content (AvgIpc) is 3.05. The van der Waals surface area contributed by atoms with Crippen molar-refractivity contribution in [2.45, 2.75) is 50.9 Å². The van der Waals surface area contributed by atoms with Gasteiger partial charge in [0.2, 0.25) is 17.7 Å². The second-order valence-electron chi connectivity index (χ2n) is 11.4. The van der Waals surface area contributed by atoms with Crippen LogP contribution >= 0.6 is 11.6 Å². The van der Waals surface area contributed by atoms with E-state index in [0.29, 0.717) is 62.6 Å². The molecule has 3 N–H and O–H groups in total. The molecule has 5 rings (SSSR count). The Bertz CT molecular complexity index is 1460. The van der Waals surface area contributed by atoms with Crippen LogP contribution in [0.3, 0.4) is 0 Å². The molecule has 2 aliphatic heterocycles. The van der Waals surface area contributed by atoms with Crippen LogP contribution in [0.4, 0.5) is 4.39 Å². The molecule has 3 aromatic carbocycles. The maximum Gasteiger partial charge on any atom is 0.245 e. The maximum atomic E-state index is 14.8. The third-order valence-corrected chi connectivity index (χ3v) is 8.76. The summed E-state index contributed by atoms with van der Waals surface area (Å²) in [6, 6.07) is 20.4. The second-order valence-corrected chi connectivity index (χ2v) is 11.8. The normalized spacial score (nSPS) is 18.2. The molecule has 3 atom stereocenters. The summed E-state index contributed by atoms with van der Waals surface area (Å²) in [6.45, 7) is 4.45. The average molecular weight is 620 g/mol. The molecular weight excluding hydrogens is 581 g/mol. The molecule has 8 nitrogen and oxygen atoms in total. The number of amides is 3. The molecule has 44 heavy (non-hydrogen) atoms. The van der Waals surface area contributed by atoms with E-state index in [1.54, 1.807) is 42.2 Å². The fourth-order valence-corrected chi connectivity index (χ4v) is 6.09. The summed E-state index contributed by atoms with van der Waals surface area (Å²) in [5.74, 6) is -0.800. The van der Waals surface area contributed by atoms with Gasteiger partial charge in [0.15, 0.2) is 0 Å². The molecule has 2 aliphatic rings. The number of carbonyl (C=O) groups excluding carboxylic acids is 3. The van der Waals surface area contributed by atoms with E-state index in [-0.39, 0.29) is 36.1 Å². The van der Waals surface area contributed by atoms with Crippen LogP contribution in [0.5, 0.6) is 0 Å². The molecule has 0 aromatic heterocycles. The number of fused-ring (bicyclic) bond motifs is 1. The van der Waals surface area contributed by atoms with Crippen LogP contribution in [0.15, 0.2) is 72.8 Å². The Balaban J connectivity index is 1.28. The number of nitrogens with zero attached hydrogens (tertiary/aromatic N) is 2. The van der Waals surface area contributed by atoms with Gasteiger partial charge in [-0.3, -0.25) is 19.3 Å². The van der Waals surface area contributed by atoms with Gasteiger partial charge in [0, 0.05) is 62.7 Å². The molecule has 1 saturated heterocycles. The predicted molar refractivity (Wildman–Crippen MR) is 168 cm³/mol. The van der Waals surface area contributed by atoms with Crippen molar-refractivity contribution >= 4 is 29.3 Å². The Morgan fingerprint density at radius 1 is 0.955 bits per heavy atom. The lowest BCUT2D eigenvalue weighted by molar-refractivity contribution is -0.138. The minimum absolute atomic E-state index is 0.100. The third kappa shape index (κ3) is 7.83. The number of nitrogens with one attached hydrogen (secondary N) is 3. The Hall–Kier alpha value is -3.79. The summed E-state index contributed by atoms with van der Waals surface area (Å²) in [4.78, 5) is 43.4. The Kier molecular flexibility index (Phi) is 10.6. The largest absolute Gasteiger partial charge is 0.354 e. The summed E-state index contributed by atoms with van der Waals surface area (Å²) in [5, 5.41) is 9.86. The summed E-state index contributed by atoms with van der Waals surface area (Å²) < 4.78 is 14.8. The van der Waals surface area contributed by atoms with Crippen LogP contribution in [0.25, 0.3) is 0 Å². The molecule has 0 radical (unpaired) electrons. The SMILES string of the molecule is CCC(=O)NCC(c1ccccc1F)N1CCN(C(=O)[C@@H](Cc2ccc(Cl)cc2)NC(=O)[C@H]2Cc3ccccc3CN2)CC1. The number of hydrogen-bond acceptors (Lipinski definition) is 5. The van der Waals surface area contributed by atoms with E-state index in [4.69, 9.17) is 11.6 Å².